The molecule has 0 aliphatic carbocycles. The number of ether oxygens (including phenoxy) is 1. The summed E-state index contributed by atoms with van der Waals surface area (Å²) in [7, 11) is -3.85. The van der Waals surface area contributed by atoms with Crippen molar-refractivity contribution in [2.75, 3.05) is 23.2 Å². The van der Waals surface area contributed by atoms with Gasteiger partial charge in [0.1, 0.15) is 0 Å². The predicted molar refractivity (Wildman–Crippen MR) is 103 cm³/mol. The molecular weight excluding hydrogens is 368 g/mol. The Morgan fingerprint density at radius 3 is 2.56 bits per heavy atom. The van der Waals surface area contributed by atoms with E-state index in [1.807, 2.05) is 6.92 Å². The number of sulfonamides is 1. The van der Waals surface area contributed by atoms with Crippen LogP contribution in [0.15, 0.2) is 47.4 Å². The highest BCUT2D eigenvalue weighted by molar-refractivity contribution is 7.92. The van der Waals surface area contributed by atoms with Gasteiger partial charge in [0.15, 0.2) is 0 Å². The first-order valence-corrected chi connectivity index (χ1v) is 10.2. The molecule has 1 heterocycles. The van der Waals surface area contributed by atoms with Gasteiger partial charge < -0.3 is 15.2 Å². The van der Waals surface area contributed by atoms with Gasteiger partial charge in [0, 0.05) is 13.2 Å². The molecule has 0 radical (unpaired) electrons. The number of benzene rings is 2. The van der Waals surface area contributed by atoms with Crippen molar-refractivity contribution < 1.29 is 23.1 Å². The Bertz CT molecular complexity index is 920. The van der Waals surface area contributed by atoms with Crippen molar-refractivity contribution in [1.82, 2.24) is 0 Å². The normalized spacial score (nSPS) is 16.9. The fraction of sp³-hybridized carbons (Fsp3) is 0.316. The lowest BCUT2D eigenvalue weighted by Gasteiger charge is -2.17. The molecule has 3 rings (SSSR count). The van der Waals surface area contributed by atoms with Crippen LogP contribution in [0.4, 0.5) is 11.4 Å². The zero-order valence-corrected chi connectivity index (χ0v) is 15.8. The van der Waals surface area contributed by atoms with Crippen LogP contribution in [0.1, 0.15) is 28.8 Å². The van der Waals surface area contributed by atoms with Crippen LogP contribution in [0.3, 0.4) is 0 Å². The van der Waals surface area contributed by atoms with E-state index in [2.05, 4.69) is 10.0 Å². The molecule has 7 nitrogen and oxygen atoms in total. The number of carbonyl (C=O) groups is 1. The van der Waals surface area contributed by atoms with Crippen molar-refractivity contribution in [2.45, 2.75) is 30.8 Å². The van der Waals surface area contributed by atoms with Gasteiger partial charge in [-0.3, -0.25) is 4.72 Å². The van der Waals surface area contributed by atoms with Gasteiger partial charge in [0.05, 0.1) is 27.9 Å². The maximum Gasteiger partial charge on any atom is 0.335 e. The second-order valence-electron chi connectivity index (χ2n) is 6.50. The molecule has 3 N–H and O–H groups in total. The molecule has 0 bridgehead atoms. The van der Waals surface area contributed by atoms with E-state index in [-0.39, 0.29) is 22.3 Å². The highest BCUT2D eigenvalue weighted by atomic mass is 32.2. The van der Waals surface area contributed by atoms with Crippen LogP contribution in [-0.4, -0.2) is 38.7 Å². The van der Waals surface area contributed by atoms with Gasteiger partial charge in [-0.1, -0.05) is 17.7 Å². The van der Waals surface area contributed by atoms with Crippen LogP contribution >= 0.6 is 0 Å². The summed E-state index contributed by atoms with van der Waals surface area (Å²) in [6, 6.07) is 10.7. The fourth-order valence-electron chi connectivity index (χ4n) is 2.87. The first kappa shape index (κ1) is 19.2. The lowest BCUT2D eigenvalue weighted by molar-refractivity contribution is 0.0697. The van der Waals surface area contributed by atoms with Gasteiger partial charge in [-0.2, -0.15) is 0 Å². The van der Waals surface area contributed by atoms with Crippen molar-refractivity contribution >= 4 is 27.4 Å². The van der Waals surface area contributed by atoms with Crippen molar-refractivity contribution in [1.29, 1.82) is 0 Å². The molecule has 1 aliphatic heterocycles. The molecule has 8 heteroatoms. The summed E-state index contributed by atoms with van der Waals surface area (Å²) in [4.78, 5) is 11.4. The second-order valence-corrected chi connectivity index (χ2v) is 8.18. The van der Waals surface area contributed by atoms with E-state index in [1.165, 1.54) is 24.3 Å². The van der Waals surface area contributed by atoms with E-state index >= 15 is 0 Å². The number of carboxylic acid groups (broad SMARTS) is 1. The van der Waals surface area contributed by atoms with Crippen LogP contribution in [0.2, 0.25) is 0 Å². The fourth-order valence-corrected chi connectivity index (χ4v) is 3.94. The molecule has 1 fully saturated rings. The molecule has 1 saturated heterocycles. The number of hydrogen-bond donors (Lipinski definition) is 3. The molecule has 0 saturated carbocycles. The molecular formula is C19H22N2O5S. The molecule has 144 valence electrons. The van der Waals surface area contributed by atoms with Crippen molar-refractivity contribution in [3.63, 3.8) is 0 Å². The number of carboxylic acids is 1. The minimum Gasteiger partial charge on any atom is -0.478 e. The molecule has 0 amide bonds. The Balaban J connectivity index is 1.87. The van der Waals surface area contributed by atoms with Crippen LogP contribution in [0.5, 0.6) is 0 Å². The van der Waals surface area contributed by atoms with Crippen LogP contribution < -0.4 is 10.0 Å². The molecule has 27 heavy (non-hydrogen) atoms. The van der Waals surface area contributed by atoms with Gasteiger partial charge in [0.25, 0.3) is 10.0 Å². The summed E-state index contributed by atoms with van der Waals surface area (Å²) in [5.41, 5.74) is 1.64. The molecule has 1 atom stereocenters. The number of hydrogen-bond acceptors (Lipinski definition) is 5. The van der Waals surface area contributed by atoms with Gasteiger partial charge in [-0.25, -0.2) is 13.2 Å². The minimum absolute atomic E-state index is 0.000674. The van der Waals surface area contributed by atoms with Crippen LogP contribution in [0, 0.1) is 6.92 Å². The maximum absolute atomic E-state index is 12.7. The number of aromatic carboxylic acids is 1. The summed E-state index contributed by atoms with van der Waals surface area (Å²) >= 11 is 0. The third kappa shape index (κ3) is 4.78. The Hall–Kier alpha value is -2.58. The average Bonchev–Trinajstić information content (AvgIpc) is 3.14. The lowest BCUT2D eigenvalue weighted by atomic mass is 10.1. The summed E-state index contributed by atoms with van der Waals surface area (Å²) < 4.78 is 33.5. The van der Waals surface area contributed by atoms with Gasteiger partial charge in [0.2, 0.25) is 0 Å². The third-order valence-electron chi connectivity index (χ3n) is 4.39. The average molecular weight is 390 g/mol. The van der Waals surface area contributed by atoms with E-state index in [9.17, 15) is 18.3 Å². The topological polar surface area (TPSA) is 105 Å². The van der Waals surface area contributed by atoms with Crippen LogP contribution in [0.25, 0.3) is 0 Å². The summed E-state index contributed by atoms with van der Waals surface area (Å²) in [5.74, 6) is -1.13. The lowest BCUT2D eigenvalue weighted by Crippen LogP contribution is -2.20. The third-order valence-corrected chi connectivity index (χ3v) is 5.77. The largest absolute Gasteiger partial charge is 0.478 e. The van der Waals surface area contributed by atoms with Crippen molar-refractivity contribution in [3.8, 4) is 0 Å². The highest BCUT2D eigenvalue weighted by Crippen LogP contribution is 2.27. The van der Waals surface area contributed by atoms with Gasteiger partial charge >= 0.3 is 5.97 Å². The Morgan fingerprint density at radius 2 is 1.93 bits per heavy atom. The standard InChI is InChI=1S/C19H22N2O5S/c1-13-4-7-16(8-5-13)27(24,25)21-18-11-14(19(22)23)6-9-17(18)20-12-15-3-2-10-26-15/h4-9,11,15,20-21H,2-3,10,12H2,1H3,(H,22,23). The SMILES string of the molecule is Cc1ccc(S(=O)(=O)Nc2cc(C(=O)O)ccc2NCC2CCCO2)cc1. The molecule has 2 aromatic carbocycles. The number of anilines is 2. The first-order chi connectivity index (χ1) is 12.8. The predicted octanol–water partition coefficient (Wildman–Crippen LogP) is 3.08. The summed E-state index contributed by atoms with van der Waals surface area (Å²) in [5, 5.41) is 12.4. The quantitative estimate of drug-likeness (QED) is 0.671. The molecule has 2 aromatic rings. The zero-order valence-electron chi connectivity index (χ0n) is 14.9. The van der Waals surface area contributed by atoms with Gasteiger partial charge in [-0.05, 0) is 50.1 Å². The van der Waals surface area contributed by atoms with Gasteiger partial charge in [-0.15, -0.1) is 0 Å². The minimum atomic E-state index is -3.85. The Kier molecular flexibility index (Phi) is 5.67. The smallest absolute Gasteiger partial charge is 0.335 e. The van der Waals surface area contributed by atoms with E-state index in [0.717, 1.165) is 25.0 Å². The summed E-state index contributed by atoms with van der Waals surface area (Å²) in [6.45, 7) is 3.11. The Morgan fingerprint density at radius 1 is 1.19 bits per heavy atom. The zero-order chi connectivity index (χ0) is 19.4. The molecule has 1 unspecified atom stereocenters. The molecule has 0 aromatic heterocycles. The van der Waals surface area contributed by atoms with E-state index in [1.54, 1.807) is 18.2 Å². The first-order valence-electron chi connectivity index (χ1n) is 8.67. The number of aryl methyl sites for hydroxylation is 1. The van der Waals surface area contributed by atoms with E-state index in [0.29, 0.717) is 12.2 Å². The molecule has 0 spiro atoms. The number of nitrogens with one attached hydrogen (secondary N) is 2. The molecule has 1 aliphatic rings. The second kappa shape index (κ2) is 7.98. The monoisotopic (exact) mass is 390 g/mol. The van der Waals surface area contributed by atoms with E-state index < -0.39 is 16.0 Å². The highest BCUT2D eigenvalue weighted by Gasteiger charge is 2.19. The van der Waals surface area contributed by atoms with Crippen molar-refractivity contribution in [2.24, 2.45) is 0 Å². The van der Waals surface area contributed by atoms with Crippen LogP contribution in [-0.2, 0) is 14.8 Å². The number of rotatable bonds is 7. The van der Waals surface area contributed by atoms with Crippen molar-refractivity contribution in [3.05, 3.63) is 53.6 Å². The maximum atomic E-state index is 12.7. The Labute approximate surface area is 158 Å². The van der Waals surface area contributed by atoms with E-state index in [4.69, 9.17) is 4.74 Å². The summed E-state index contributed by atoms with van der Waals surface area (Å²) in [6.07, 6.45) is 1.99.